The Hall–Kier alpha value is -2.02. The van der Waals surface area contributed by atoms with Gasteiger partial charge in [0.2, 0.25) is 0 Å². The molecule has 0 saturated carbocycles. The van der Waals surface area contributed by atoms with Crippen LogP contribution in [0.5, 0.6) is 0 Å². The zero-order chi connectivity index (χ0) is 14.3. The first-order chi connectivity index (χ1) is 9.51. The fourth-order valence-electron chi connectivity index (χ4n) is 2.60. The summed E-state index contributed by atoms with van der Waals surface area (Å²) in [4.78, 5) is 0. The van der Waals surface area contributed by atoms with Gasteiger partial charge in [-0.05, 0) is 36.6 Å². The van der Waals surface area contributed by atoms with Gasteiger partial charge in [-0.25, -0.2) is 0 Å². The maximum atomic E-state index is 12.8. The molecule has 1 aromatic carbocycles. The highest BCUT2D eigenvalue weighted by atomic mass is 32.2. The third kappa shape index (κ3) is 1.85. The Labute approximate surface area is 117 Å². The van der Waals surface area contributed by atoms with Crippen molar-refractivity contribution in [3.63, 3.8) is 0 Å². The fraction of sp³-hybridized carbons (Fsp3) is 0.308. The predicted molar refractivity (Wildman–Crippen MR) is 76.9 cm³/mol. The van der Waals surface area contributed by atoms with E-state index in [9.17, 15) is 8.42 Å². The van der Waals surface area contributed by atoms with Crippen LogP contribution in [0.2, 0.25) is 0 Å². The number of sulfonamides is 1. The van der Waals surface area contributed by atoms with Crippen molar-refractivity contribution in [3.8, 4) is 0 Å². The van der Waals surface area contributed by atoms with Crippen molar-refractivity contribution in [3.05, 3.63) is 36.0 Å². The Morgan fingerprint density at radius 1 is 1.30 bits per heavy atom. The van der Waals surface area contributed by atoms with E-state index in [1.165, 1.54) is 21.3 Å². The van der Waals surface area contributed by atoms with Crippen LogP contribution in [-0.2, 0) is 23.5 Å². The third-order valence-corrected chi connectivity index (χ3v) is 5.46. The zero-order valence-corrected chi connectivity index (χ0v) is 12.0. The van der Waals surface area contributed by atoms with Gasteiger partial charge in [-0.1, -0.05) is 6.07 Å². The van der Waals surface area contributed by atoms with E-state index in [1.54, 1.807) is 25.2 Å². The molecule has 7 heteroatoms. The monoisotopic (exact) mass is 292 g/mol. The molecule has 0 aliphatic carbocycles. The van der Waals surface area contributed by atoms with E-state index in [0.29, 0.717) is 17.9 Å². The SMILES string of the molecule is Cn1nccc1S(=O)(=O)N1CCCc2c(N)cccc21. The summed E-state index contributed by atoms with van der Waals surface area (Å²) >= 11 is 0. The van der Waals surface area contributed by atoms with E-state index in [-0.39, 0.29) is 5.03 Å². The smallest absolute Gasteiger partial charge is 0.281 e. The van der Waals surface area contributed by atoms with Gasteiger partial charge < -0.3 is 5.73 Å². The molecule has 2 N–H and O–H groups in total. The van der Waals surface area contributed by atoms with Crippen molar-refractivity contribution in [1.82, 2.24) is 9.78 Å². The molecule has 0 bridgehead atoms. The van der Waals surface area contributed by atoms with Gasteiger partial charge in [-0.15, -0.1) is 0 Å². The van der Waals surface area contributed by atoms with Crippen molar-refractivity contribution in [1.29, 1.82) is 0 Å². The average Bonchev–Trinajstić information content (AvgIpc) is 2.85. The number of nitrogen functional groups attached to an aromatic ring is 1. The summed E-state index contributed by atoms with van der Waals surface area (Å²) in [6.45, 7) is 0.462. The summed E-state index contributed by atoms with van der Waals surface area (Å²) in [5.41, 5.74) is 8.19. The van der Waals surface area contributed by atoms with Crippen LogP contribution < -0.4 is 10.0 Å². The topological polar surface area (TPSA) is 81.2 Å². The Kier molecular flexibility index (Phi) is 2.93. The first-order valence-corrected chi connectivity index (χ1v) is 7.84. The number of fused-ring (bicyclic) bond motifs is 1. The Bertz CT molecular complexity index is 751. The average molecular weight is 292 g/mol. The van der Waals surface area contributed by atoms with E-state index in [1.807, 2.05) is 0 Å². The lowest BCUT2D eigenvalue weighted by Gasteiger charge is -2.30. The second kappa shape index (κ2) is 4.52. The summed E-state index contributed by atoms with van der Waals surface area (Å²) in [6.07, 6.45) is 3.05. The van der Waals surface area contributed by atoms with Gasteiger partial charge in [0.15, 0.2) is 5.03 Å². The molecule has 6 nitrogen and oxygen atoms in total. The van der Waals surface area contributed by atoms with Crippen LogP contribution in [-0.4, -0.2) is 24.7 Å². The summed E-state index contributed by atoms with van der Waals surface area (Å²) in [6, 6.07) is 6.90. The number of hydrogen-bond acceptors (Lipinski definition) is 4. The molecule has 0 radical (unpaired) electrons. The first-order valence-electron chi connectivity index (χ1n) is 6.40. The molecule has 106 valence electrons. The number of aromatic nitrogens is 2. The highest BCUT2D eigenvalue weighted by Crippen LogP contribution is 2.34. The molecule has 0 spiro atoms. The molecule has 2 aromatic rings. The Balaban J connectivity index is 2.14. The van der Waals surface area contributed by atoms with E-state index in [0.717, 1.165) is 18.4 Å². The van der Waals surface area contributed by atoms with Crippen LogP contribution in [0.15, 0.2) is 35.5 Å². The molecule has 2 heterocycles. The van der Waals surface area contributed by atoms with Crippen LogP contribution in [0.4, 0.5) is 11.4 Å². The minimum Gasteiger partial charge on any atom is -0.398 e. The van der Waals surface area contributed by atoms with Gasteiger partial charge in [0.05, 0.1) is 11.9 Å². The Morgan fingerprint density at radius 3 is 2.80 bits per heavy atom. The lowest BCUT2D eigenvalue weighted by Crippen LogP contribution is -2.36. The molecule has 0 atom stereocenters. The molecule has 0 saturated heterocycles. The molecule has 0 amide bonds. The Morgan fingerprint density at radius 2 is 2.10 bits per heavy atom. The van der Waals surface area contributed by atoms with E-state index >= 15 is 0 Å². The highest BCUT2D eigenvalue weighted by Gasteiger charge is 2.31. The number of nitrogens with zero attached hydrogens (tertiary/aromatic N) is 3. The van der Waals surface area contributed by atoms with Gasteiger partial charge in [-0.2, -0.15) is 13.5 Å². The minimum atomic E-state index is -3.60. The number of nitrogens with two attached hydrogens (primary N) is 1. The van der Waals surface area contributed by atoms with Crippen molar-refractivity contribution < 1.29 is 8.42 Å². The largest absolute Gasteiger partial charge is 0.398 e. The van der Waals surface area contributed by atoms with Crippen LogP contribution >= 0.6 is 0 Å². The van der Waals surface area contributed by atoms with E-state index < -0.39 is 10.0 Å². The standard InChI is InChI=1S/C13H16N4O2S/c1-16-13(7-8-15-16)20(18,19)17-9-3-4-10-11(14)5-2-6-12(10)17/h2,5-8H,3-4,9,14H2,1H3. The third-order valence-electron chi connectivity index (χ3n) is 3.57. The van der Waals surface area contributed by atoms with Crippen molar-refractivity contribution in [2.45, 2.75) is 17.9 Å². The number of benzene rings is 1. The van der Waals surface area contributed by atoms with Crippen LogP contribution in [0.25, 0.3) is 0 Å². The first kappa shape index (κ1) is 13.0. The van der Waals surface area contributed by atoms with Crippen LogP contribution in [0, 0.1) is 0 Å². The summed E-state index contributed by atoms with van der Waals surface area (Å²) in [5, 5.41) is 4.13. The summed E-state index contributed by atoms with van der Waals surface area (Å²) < 4.78 is 28.3. The normalized spacial score (nSPS) is 15.2. The van der Waals surface area contributed by atoms with Gasteiger partial charge in [0, 0.05) is 19.3 Å². The van der Waals surface area contributed by atoms with Crippen molar-refractivity contribution >= 4 is 21.4 Å². The molecule has 0 fully saturated rings. The number of hydrogen-bond donors (Lipinski definition) is 1. The van der Waals surface area contributed by atoms with Gasteiger partial charge in [-0.3, -0.25) is 8.99 Å². The lowest BCUT2D eigenvalue weighted by molar-refractivity contribution is 0.568. The van der Waals surface area contributed by atoms with Gasteiger partial charge >= 0.3 is 0 Å². The zero-order valence-electron chi connectivity index (χ0n) is 11.2. The fourth-order valence-corrected chi connectivity index (χ4v) is 4.23. The predicted octanol–water partition coefficient (Wildman–Crippen LogP) is 1.14. The second-order valence-electron chi connectivity index (χ2n) is 4.82. The lowest BCUT2D eigenvalue weighted by atomic mass is 10.0. The van der Waals surface area contributed by atoms with Crippen LogP contribution in [0.1, 0.15) is 12.0 Å². The molecule has 3 rings (SSSR count). The van der Waals surface area contributed by atoms with Gasteiger partial charge in [0.25, 0.3) is 10.0 Å². The molecule has 20 heavy (non-hydrogen) atoms. The molecule has 1 aliphatic rings. The quantitative estimate of drug-likeness (QED) is 0.842. The van der Waals surface area contributed by atoms with Crippen LogP contribution in [0.3, 0.4) is 0 Å². The summed E-state index contributed by atoms with van der Waals surface area (Å²) in [7, 11) is -1.98. The molecule has 1 aromatic heterocycles. The summed E-state index contributed by atoms with van der Waals surface area (Å²) in [5.74, 6) is 0. The van der Waals surface area contributed by atoms with Crippen molar-refractivity contribution in [2.75, 3.05) is 16.6 Å². The second-order valence-corrected chi connectivity index (χ2v) is 6.63. The number of rotatable bonds is 2. The molecule has 1 aliphatic heterocycles. The molecular weight excluding hydrogens is 276 g/mol. The maximum absolute atomic E-state index is 12.8. The van der Waals surface area contributed by atoms with E-state index in [4.69, 9.17) is 5.73 Å². The van der Waals surface area contributed by atoms with Gasteiger partial charge in [0.1, 0.15) is 0 Å². The molecule has 0 unspecified atom stereocenters. The highest BCUT2D eigenvalue weighted by molar-refractivity contribution is 7.92. The van der Waals surface area contributed by atoms with Crippen molar-refractivity contribution in [2.24, 2.45) is 7.05 Å². The number of anilines is 2. The minimum absolute atomic E-state index is 0.188. The van der Waals surface area contributed by atoms with E-state index in [2.05, 4.69) is 5.10 Å². The maximum Gasteiger partial charge on any atom is 0.281 e. The molecular formula is C13H16N4O2S. The number of aryl methyl sites for hydroxylation is 1.